The highest BCUT2D eigenvalue weighted by Gasteiger charge is 2.13. The van der Waals surface area contributed by atoms with Gasteiger partial charge in [-0.2, -0.15) is 0 Å². The maximum atomic E-state index is 11.9. The molecule has 0 unspecified atom stereocenters. The zero-order valence-electron chi connectivity index (χ0n) is 11.7. The van der Waals surface area contributed by atoms with Crippen LogP contribution in [0.15, 0.2) is 53.2 Å². The average Bonchev–Trinajstić information content (AvgIpc) is 3.20. The first-order chi connectivity index (χ1) is 11.1. The average molecular weight is 345 g/mol. The van der Waals surface area contributed by atoms with Gasteiger partial charge in [-0.1, -0.05) is 6.07 Å². The first kappa shape index (κ1) is 15.3. The molecule has 0 spiro atoms. The Labute approximate surface area is 139 Å². The largest absolute Gasteiger partial charge is 0.477 e. The van der Waals surface area contributed by atoms with E-state index in [1.165, 1.54) is 11.3 Å². The fourth-order valence-electron chi connectivity index (χ4n) is 1.87. The van der Waals surface area contributed by atoms with Gasteiger partial charge in [-0.25, -0.2) is 4.79 Å². The van der Waals surface area contributed by atoms with Crippen LogP contribution in [-0.2, 0) is 0 Å². The summed E-state index contributed by atoms with van der Waals surface area (Å²) in [6, 6.07) is 11.9. The molecule has 3 rings (SSSR count). The van der Waals surface area contributed by atoms with Crippen molar-refractivity contribution in [2.24, 2.45) is 0 Å². The van der Waals surface area contributed by atoms with Crippen LogP contribution in [-0.4, -0.2) is 17.0 Å². The number of ether oxygens (including phenoxy) is 1. The first-order valence-electron chi connectivity index (χ1n) is 6.57. The normalized spacial score (nSPS) is 10.3. The van der Waals surface area contributed by atoms with Crippen LogP contribution in [0.3, 0.4) is 0 Å². The molecule has 1 aromatic carbocycles. The highest BCUT2D eigenvalue weighted by molar-refractivity contribution is 7.12. The molecule has 0 aliphatic rings. The van der Waals surface area contributed by atoms with Crippen molar-refractivity contribution in [2.45, 2.75) is 0 Å². The van der Waals surface area contributed by atoms with Gasteiger partial charge in [-0.05, 0) is 47.2 Å². The van der Waals surface area contributed by atoms with Crippen LogP contribution >= 0.6 is 22.7 Å². The van der Waals surface area contributed by atoms with Crippen molar-refractivity contribution >= 4 is 40.2 Å². The lowest BCUT2D eigenvalue weighted by Crippen LogP contribution is -2.09. The standard InChI is InChI=1S/C16H11NO4S2/c18-15(13-2-1-8-22-13)17-10-3-5-11(6-4-10)21-12-7-9-23-14(12)16(19)20/h1-9H,(H,17,18)(H,19,20). The fraction of sp³-hybridized carbons (Fsp3) is 0. The van der Waals surface area contributed by atoms with E-state index in [4.69, 9.17) is 9.84 Å². The van der Waals surface area contributed by atoms with Crippen molar-refractivity contribution in [3.63, 3.8) is 0 Å². The number of anilines is 1. The summed E-state index contributed by atoms with van der Waals surface area (Å²) in [5.74, 6) is -0.382. The fourth-order valence-corrected chi connectivity index (χ4v) is 3.14. The van der Waals surface area contributed by atoms with Crippen LogP contribution in [0, 0.1) is 0 Å². The molecular weight excluding hydrogens is 334 g/mol. The third kappa shape index (κ3) is 3.58. The zero-order valence-corrected chi connectivity index (χ0v) is 13.3. The van der Waals surface area contributed by atoms with Crippen molar-refractivity contribution in [3.05, 3.63) is 63.0 Å². The number of carbonyl (C=O) groups is 2. The van der Waals surface area contributed by atoms with Gasteiger partial charge >= 0.3 is 5.97 Å². The molecule has 0 saturated carbocycles. The Kier molecular flexibility index (Phi) is 4.40. The minimum atomic E-state index is -1.02. The summed E-state index contributed by atoms with van der Waals surface area (Å²) < 4.78 is 5.56. The molecule has 2 aromatic heterocycles. The predicted octanol–water partition coefficient (Wildman–Crippen LogP) is 4.55. The minimum absolute atomic E-state index is 0.153. The molecule has 2 heterocycles. The van der Waals surface area contributed by atoms with Gasteiger partial charge in [0.05, 0.1) is 4.88 Å². The van der Waals surface area contributed by atoms with E-state index in [0.29, 0.717) is 22.1 Å². The number of thiophene rings is 2. The molecule has 3 aromatic rings. The van der Waals surface area contributed by atoms with Crippen molar-refractivity contribution in [3.8, 4) is 11.5 Å². The summed E-state index contributed by atoms with van der Waals surface area (Å²) in [6.45, 7) is 0. The van der Waals surface area contributed by atoms with Crippen molar-refractivity contribution in [1.82, 2.24) is 0 Å². The minimum Gasteiger partial charge on any atom is -0.477 e. The smallest absolute Gasteiger partial charge is 0.349 e. The molecule has 7 heteroatoms. The maximum absolute atomic E-state index is 11.9. The number of amides is 1. The Morgan fingerprint density at radius 1 is 1.00 bits per heavy atom. The number of hydrogen-bond acceptors (Lipinski definition) is 5. The lowest BCUT2D eigenvalue weighted by Gasteiger charge is -2.07. The number of carboxylic acids is 1. The van der Waals surface area contributed by atoms with Gasteiger partial charge < -0.3 is 15.2 Å². The van der Waals surface area contributed by atoms with Crippen LogP contribution in [0.5, 0.6) is 11.5 Å². The van der Waals surface area contributed by atoms with Crippen molar-refractivity contribution < 1.29 is 19.4 Å². The Morgan fingerprint density at radius 2 is 1.78 bits per heavy atom. The Bertz CT molecular complexity index is 822. The summed E-state index contributed by atoms with van der Waals surface area (Å²) >= 11 is 2.48. The molecule has 0 bridgehead atoms. The zero-order chi connectivity index (χ0) is 16.2. The SMILES string of the molecule is O=C(Nc1ccc(Oc2ccsc2C(=O)O)cc1)c1cccs1. The van der Waals surface area contributed by atoms with E-state index in [1.807, 2.05) is 11.4 Å². The Hall–Kier alpha value is -2.64. The van der Waals surface area contributed by atoms with Crippen LogP contribution in [0.4, 0.5) is 5.69 Å². The molecule has 0 fully saturated rings. The van der Waals surface area contributed by atoms with E-state index in [-0.39, 0.29) is 10.8 Å². The third-order valence-corrected chi connectivity index (χ3v) is 4.66. The Morgan fingerprint density at radius 3 is 2.43 bits per heavy atom. The van der Waals surface area contributed by atoms with E-state index < -0.39 is 5.97 Å². The van der Waals surface area contributed by atoms with Gasteiger partial charge in [-0.15, -0.1) is 22.7 Å². The first-order valence-corrected chi connectivity index (χ1v) is 8.33. The van der Waals surface area contributed by atoms with Crippen LogP contribution < -0.4 is 10.1 Å². The van der Waals surface area contributed by atoms with Crippen LogP contribution in [0.1, 0.15) is 19.3 Å². The van der Waals surface area contributed by atoms with Crippen LogP contribution in [0.25, 0.3) is 0 Å². The number of carbonyl (C=O) groups excluding carboxylic acids is 1. The second-order valence-corrected chi connectivity index (χ2v) is 6.34. The highest BCUT2D eigenvalue weighted by atomic mass is 32.1. The molecule has 0 radical (unpaired) electrons. The van der Waals surface area contributed by atoms with E-state index in [9.17, 15) is 9.59 Å². The molecule has 0 saturated heterocycles. The number of nitrogens with one attached hydrogen (secondary N) is 1. The highest BCUT2D eigenvalue weighted by Crippen LogP contribution is 2.30. The van der Waals surface area contributed by atoms with Crippen molar-refractivity contribution in [1.29, 1.82) is 0 Å². The van der Waals surface area contributed by atoms with E-state index in [0.717, 1.165) is 11.3 Å². The summed E-state index contributed by atoms with van der Waals surface area (Å²) in [5, 5.41) is 15.3. The molecule has 5 nitrogen and oxygen atoms in total. The number of benzene rings is 1. The Balaban J connectivity index is 1.68. The van der Waals surface area contributed by atoms with Crippen LogP contribution in [0.2, 0.25) is 0 Å². The number of carboxylic acid groups (broad SMARTS) is 1. The van der Waals surface area contributed by atoms with Gasteiger partial charge in [0.1, 0.15) is 5.75 Å². The second-order valence-electron chi connectivity index (χ2n) is 4.48. The molecule has 0 aliphatic heterocycles. The number of hydrogen-bond donors (Lipinski definition) is 2. The van der Waals surface area contributed by atoms with Gasteiger partial charge in [0, 0.05) is 5.69 Å². The lowest BCUT2D eigenvalue weighted by atomic mass is 10.3. The molecule has 2 N–H and O–H groups in total. The number of rotatable bonds is 5. The summed E-state index contributed by atoms with van der Waals surface area (Å²) in [5.41, 5.74) is 0.638. The molecule has 23 heavy (non-hydrogen) atoms. The van der Waals surface area contributed by atoms with Gasteiger partial charge in [-0.3, -0.25) is 4.79 Å². The molecule has 0 atom stereocenters. The predicted molar refractivity (Wildman–Crippen MR) is 90.1 cm³/mol. The monoisotopic (exact) mass is 345 g/mol. The van der Waals surface area contributed by atoms with Crippen molar-refractivity contribution in [2.75, 3.05) is 5.32 Å². The summed E-state index contributed by atoms with van der Waals surface area (Å²) in [6.07, 6.45) is 0. The van der Waals surface area contributed by atoms with Gasteiger partial charge in [0.25, 0.3) is 5.91 Å². The lowest BCUT2D eigenvalue weighted by molar-refractivity contribution is 0.0699. The second kappa shape index (κ2) is 6.64. The summed E-state index contributed by atoms with van der Waals surface area (Å²) in [7, 11) is 0. The topological polar surface area (TPSA) is 75.6 Å². The van der Waals surface area contributed by atoms with E-state index >= 15 is 0 Å². The van der Waals surface area contributed by atoms with E-state index in [1.54, 1.807) is 41.8 Å². The van der Waals surface area contributed by atoms with Gasteiger partial charge in [0.2, 0.25) is 0 Å². The molecular formula is C16H11NO4S2. The summed E-state index contributed by atoms with van der Waals surface area (Å²) in [4.78, 5) is 23.8. The third-order valence-electron chi connectivity index (χ3n) is 2.91. The number of aromatic carboxylic acids is 1. The maximum Gasteiger partial charge on any atom is 0.349 e. The van der Waals surface area contributed by atoms with E-state index in [2.05, 4.69) is 5.32 Å². The molecule has 1 amide bonds. The quantitative estimate of drug-likeness (QED) is 0.711. The molecule has 116 valence electrons. The molecule has 0 aliphatic carbocycles. The van der Waals surface area contributed by atoms with Gasteiger partial charge in [0.15, 0.2) is 10.6 Å².